The summed E-state index contributed by atoms with van der Waals surface area (Å²) in [5.41, 5.74) is 14.3. The lowest BCUT2D eigenvalue weighted by atomic mass is 9.98. The maximum atomic E-state index is 5.92. The zero-order valence-electron chi connectivity index (χ0n) is 30.6. The van der Waals surface area contributed by atoms with Gasteiger partial charge in [-0.3, -0.25) is 4.57 Å². The number of hydrogen-bond acceptors (Lipinski definition) is 2. The van der Waals surface area contributed by atoms with Gasteiger partial charge in [-0.1, -0.05) is 170 Å². The Labute approximate surface area is 325 Å². The van der Waals surface area contributed by atoms with Crippen LogP contribution in [0.4, 0.5) is 0 Å². The zero-order valence-corrected chi connectivity index (χ0v) is 30.6. The molecule has 0 spiro atoms. The van der Waals surface area contributed by atoms with Crippen molar-refractivity contribution in [2.45, 2.75) is 0 Å². The highest BCUT2D eigenvalue weighted by atomic mass is 16.3. The predicted octanol–water partition coefficient (Wildman–Crippen LogP) is 14.4. The normalized spacial score (nSPS) is 11.2. The second-order valence-corrected chi connectivity index (χ2v) is 14.0. The lowest BCUT2D eigenvalue weighted by Gasteiger charge is -2.14. The Morgan fingerprint density at radius 1 is 0.339 bits per heavy atom. The number of benzene rings is 7. The molecule has 3 heteroatoms. The number of hydrogen-bond donors (Lipinski definition) is 0. The van der Waals surface area contributed by atoms with Gasteiger partial charge in [0.15, 0.2) is 0 Å². The molecule has 0 saturated heterocycles. The van der Waals surface area contributed by atoms with E-state index in [1.165, 1.54) is 33.0 Å². The molecule has 0 atom stereocenters. The first-order valence-corrected chi connectivity index (χ1v) is 18.9. The monoisotopic (exact) mass is 716 g/mol. The van der Waals surface area contributed by atoms with Crippen molar-refractivity contribution in [3.8, 4) is 61.6 Å². The van der Waals surface area contributed by atoms with Crippen LogP contribution >= 0.6 is 0 Å². The second kappa shape index (κ2) is 14.4. The predicted molar refractivity (Wildman–Crippen MR) is 233 cm³/mol. The average Bonchev–Trinajstić information content (AvgIpc) is 3.65. The Kier molecular flexibility index (Phi) is 8.51. The fourth-order valence-corrected chi connectivity index (χ4v) is 7.70. The van der Waals surface area contributed by atoms with Crippen LogP contribution in [0.15, 0.2) is 223 Å². The summed E-state index contributed by atoms with van der Waals surface area (Å²) in [4.78, 5) is 5.42. The van der Waals surface area contributed by atoms with E-state index in [0.717, 1.165) is 61.3 Å². The molecule has 0 unspecified atom stereocenters. The van der Waals surface area contributed by atoms with Crippen LogP contribution in [0.3, 0.4) is 0 Å². The van der Waals surface area contributed by atoms with Gasteiger partial charge in [0.2, 0.25) is 0 Å². The van der Waals surface area contributed by atoms with Gasteiger partial charge in [0.25, 0.3) is 0 Å². The van der Waals surface area contributed by atoms with Gasteiger partial charge in [0.1, 0.15) is 11.4 Å². The van der Waals surface area contributed by atoms with Crippen LogP contribution in [0.2, 0.25) is 0 Å². The molecule has 264 valence electrons. The number of rotatable bonds is 6. The molecule has 0 amide bonds. The van der Waals surface area contributed by atoms with Crippen molar-refractivity contribution in [2.75, 3.05) is 0 Å². The summed E-state index contributed by atoms with van der Waals surface area (Å²) in [5.74, 6) is 0.869. The molecule has 0 bridgehead atoms. The third-order valence-corrected chi connectivity index (χ3v) is 10.6. The zero-order chi connectivity index (χ0) is 37.3. The van der Waals surface area contributed by atoms with E-state index in [2.05, 4.69) is 193 Å². The van der Waals surface area contributed by atoms with Crippen LogP contribution < -0.4 is 0 Å². The fraction of sp³-hybridized carbons (Fsp3) is 0. The Bertz CT molecular complexity index is 2950. The molecule has 10 rings (SSSR count). The van der Waals surface area contributed by atoms with Crippen LogP contribution in [0, 0.1) is 0 Å². The number of para-hydroxylation sites is 2. The number of aromatic nitrogens is 2. The summed E-state index contributed by atoms with van der Waals surface area (Å²) in [6, 6.07) is 74.9. The number of pyridine rings is 1. The van der Waals surface area contributed by atoms with Crippen molar-refractivity contribution in [3.63, 3.8) is 0 Å². The molecular formula is C53H36N2O. The third kappa shape index (κ3) is 6.31. The Morgan fingerprint density at radius 3 is 1.59 bits per heavy atom. The summed E-state index contributed by atoms with van der Waals surface area (Å²) >= 11 is 0. The van der Waals surface area contributed by atoms with Gasteiger partial charge in [-0.25, -0.2) is 4.98 Å². The minimum atomic E-state index is 0.835. The second-order valence-electron chi connectivity index (χ2n) is 14.0. The number of nitrogens with zero attached hydrogens (tertiary/aromatic N) is 2. The van der Waals surface area contributed by atoms with Crippen molar-refractivity contribution < 1.29 is 4.42 Å². The number of fused-ring (bicyclic) bond motifs is 4. The van der Waals surface area contributed by atoms with E-state index in [9.17, 15) is 0 Å². The van der Waals surface area contributed by atoms with Gasteiger partial charge in [0, 0.05) is 21.7 Å². The van der Waals surface area contributed by atoms with Crippen molar-refractivity contribution in [1.82, 2.24) is 9.55 Å². The summed E-state index contributed by atoms with van der Waals surface area (Å²) in [7, 11) is 0. The molecule has 0 radical (unpaired) electrons. The van der Waals surface area contributed by atoms with Crippen LogP contribution in [0.1, 0.15) is 0 Å². The molecule has 0 aliphatic heterocycles. The first-order chi connectivity index (χ1) is 27.7. The lowest BCUT2D eigenvalue weighted by Crippen LogP contribution is -2.00. The van der Waals surface area contributed by atoms with E-state index in [1.807, 2.05) is 24.3 Å². The third-order valence-electron chi connectivity index (χ3n) is 10.6. The summed E-state index contributed by atoms with van der Waals surface area (Å²) in [6.07, 6.45) is 1.75. The largest absolute Gasteiger partial charge is 0.464 e. The SMILES string of the molecule is c1ccc(-c2ccc(-c3cc(-c4ccc(-c5ccccc5)cc4)nc(-n4c5ccccc5c5cc(-c6cccoc7ccccc7cc6)ccc54)c3)cc2)cc1. The highest BCUT2D eigenvalue weighted by Gasteiger charge is 2.17. The highest BCUT2D eigenvalue weighted by molar-refractivity contribution is 6.10. The van der Waals surface area contributed by atoms with Gasteiger partial charge in [-0.05, 0) is 87.0 Å². The Balaban J connectivity index is 1.14. The quantitative estimate of drug-likeness (QED) is 0.172. The molecule has 3 aromatic heterocycles. The molecule has 56 heavy (non-hydrogen) atoms. The van der Waals surface area contributed by atoms with Gasteiger partial charge < -0.3 is 4.42 Å². The van der Waals surface area contributed by atoms with Crippen LogP contribution in [0.5, 0.6) is 0 Å². The molecule has 0 aliphatic rings. The van der Waals surface area contributed by atoms with E-state index >= 15 is 0 Å². The van der Waals surface area contributed by atoms with Crippen LogP contribution in [-0.4, -0.2) is 9.55 Å². The first kappa shape index (κ1) is 33.1. The smallest absolute Gasteiger partial charge is 0.138 e. The molecule has 7 aromatic carbocycles. The standard InChI is InChI=1S/C53H36N2O/c1-3-12-37(13-4-1)40-21-23-42(24-22-40)46-35-49(43-28-25-41(26-29-43)38-14-5-2-6-15-38)54-53(36-46)55-50-19-9-8-18-47(50)48-34-45(31-32-51(48)55)39-17-11-33-56-52-20-10-7-16-44(52)30-27-39/h1-36H. The molecular weight excluding hydrogens is 681 g/mol. The minimum absolute atomic E-state index is 0.835. The Hall–Kier alpha value is -7.49. The van der Waals surface area contributed by atoms with Crippen LogP contribution in [0.25, 0.3) is 94.4 Å². The summed E-state index contributed by atoms with van der Waals surface area (Å²) in [5, 5.41) is 3.38. The van der Waals surface area contributed by atoms with E-state index in [1.54, 1.807) is 6.26 Å². The molecule has 10 aromatic rings. The van der Waals surface area contributed by atoms with Crippen molar-refractivity contribution in [2.24, 2.45) is 0 Å². The minimum Gasteiger partial charge on any atom is -0.464 e. The summed E-state index contributed by atoms with van der Waals surface area (Å²) in [6.45, 7) is 0. The molecule has 0 aliphatic carbocycles. The van der Waals surface area contributed by atoms with Gasteiger partial charge in [-0.2, -0.15) is 0 Å². The van der Waals surface area contributed by atoms with Gasteiger partial charge >= 0.3 is 0 Å². The maximum Gasteiger partial charge on any atom is 0.138 e. The first-order valence-electron chi connectivity index (χ1n) is 18.9. The van der Waals surface area contributed by atoms with E-state index in [-0.39, 0.29) is 0 Å². The molecule has 0 saturated carbocycles. The lowest BCUT2D eigenvalue weighted by molar-refractivity contribution is 0.606. The van der Waals surface area contributed by atoms with Gasteiger partial charge in [0.05, 0.1) is 23.0 Å². The van der Waals surface area contributed by atoms with Crippen molar-refractivity contribution in [1.29, 1.82) is 0 Å². The Morgan fingerprint density at radius 2 is 0.857 bits per heavy atom. The topological polar surface area (TPSA) is 31.0 Å². The van der Waals surface area contributed by atoms with E-state index in [4.69, 9.17) is 9.40 Å². The fourth-order valence-electron chi connectivity index (χ4n) is 7.70. The molecule has 0 N–H and O–H groups in total. The molecule has 3 nitrogen and oxygen atoms in total. The van der Waals surface area contributed by atoms with Crippen molar-refractivity contribution in [3.05, 3.63) is 219 Å². The highest BCUT2D eigenvalue weighted by Crippen LogP contribution is 2.37. The van der Waals surface area contributed by atoms with Crippen LogP contribution in [-0.2, 0) is 0 Å². The maximum absolute atomic E-state index is 5.92. The molecule has 0 fully saturated rings. The summed E-state index contributed by atoms with van der Waals surface area (Å²) < 4.78 is 8.24. The van der Waals surface area contributed by atoms with E-state index in [0.29, 0.717) is 0 Å². The molecule has 3 heterocycles. The van der Waals surface area contributed by atoms with Gasteiger partial charge in [-0.15, -0.1) is 0 Å². The average molecular weight is 717 g/mol. The van der Waals surface area contributed by atoms with E-state index < -0.39 is 0 Å². The van der Waals surface area contributed by atoms with Crippen molar-refractivity contribution >= 4 is 32.8 Å².